The van der Waals surface area contributed by atoms with E-state index in [-0.39, 0.29) is 42.2 Å². The third kappa shape index (κ3) is 6.21. The minimum Gasteiger partial charge on any atom is -0.480 e. The average molecular weight is 238 g/mol. The quantitative estimate of drug-likeness (QED) is 0.632. The monoisotopic (exact) mass is 238 g/mol. The summed E-state index contributed by atoms with van der Waals surface area (Å²) in [6.45, 7) is -0.328. The fourth-order valence-corrected chi connectivity index (χ4v) is 2.11. The Morgan fingerprint density at radius 3 is 2.12 bits per heavy atom. The molecule has 0 heterocycles. The Hall–Kier alpha value is 0.390. The summed E-state index contributed by atoms with van der Waals surface area (Å²) in [6, 6.07) is -0.534. The average Bonchev–Trinajstić information content (AvgIpc) is 2.15. The van der Waals surface area contributed by atoms with Gasteiger partial charge in [-0.3, -0.25) is 10.1 Å². The van der Waals surface area contributed by atoms with Gasteiger partial charge in [-0.1, -0.05) is 32.1 Å². The van der Waals surface area contributed by atoms with E-state index in [1.54, 1.807) is 0 Å². The molecule has 1 aliphatic rings. The van der Waals surface area contributed by atoms with E-state index in [0.717, 1.165) is 25.7 Å². The van der Waals surface area contributed by atoms with Gasteiger partial charge in [0.05, 0.1) is 6.61 Å². The summed E-state index contributed by atoms with van der Waals surface area (Å²) >= 11 is 0. The van der Waals surface area contributed by atoms with Crippen molar-refractivity contribution >= 4 is 35.5 Å². The maximum atomic E-state index is 10.7. The van der Waals surface area contributed by atoms with Crippen molar-refractivity contribution < 1.29 is 15.0 Å². The van der Waals surface area contributed by atoms with E-state index in [1.165, 1.54) is 19.3 Å². The molecule has 0 amide bonds. The number of aliphatic hydroxyl groups excluding tert-OH is 1. The van der Waals surface area contributed by atoms with Gasteiger partial charge >= 0.3 is 5.97 Å². The third-order valence-electron chi connectivity index (χ3n) is 3.02. The first-order chi connectivity index (χ1) is 7.24. The Labute approximate surface area is 119 Å². The van der Waals surface area contributed by atoms with Gasteiger partial charge in [0.1, 0.15) is 6.04 Å². The molecule has 1 fully saturated rings. The standard InChI is InChI=1S/C11H21NO3.Na/c13-8-10(11(14)15)12-9-6-4-2-1-3-5-7-9;/h9-10,12-13H,1-8H2,(H,14,15);. The molecule has 0 spiro atoms. The van der Waals surface area contributed by atoms with Gasteiger partial charge in [0.15, 0.2) is 0 Å². The van der Waals surface area contributed by atoms with E-state index in [2.05, 4.69) is 5.32 Å². The molecule has 0 saturated heterocycles. The predicted octanol–water partition coefficient (Wildman–Crippen LogP) is 0.754. The maximum absolute atomic E-state index is 10.7. The second-order valence-corrected chi connectivity index (χ2v) is 4.28. The van der Waals surface area contributed by atoms with Crippen LogP contribution in [0.2, 0.25) is 0 Å². The zero-order chi connectivity index (χ0) is 11.1. The van der Waals surface area contributed by atoms with Gasteiger partial charge in [-0.05, 0) is 12.8 Å². The summed E-state index contributed by atoms with van der Waals surface area (Å²) in [5.74, 6) is -0.959. The number of carbonyl (C=O) groups is 1. The molecule has 16 heavy (non-hydrogen) atoms. The number of rotatable bonds is 4. The van der Waals surface area contributed by atoms with E-state index in [0.29, 0.717) is 0 Å². The van der Waals surface area contributed by atoms with Crippen molar-refractivity contribution in [1.82, 2.24) is 5.32 Å². The molecule has 1 saturated carbocycles. The first-order valence-corrected chi connectivity index (χ1v) is 5.83. The van der Waals surface area contributed by atoms with Gasteiger partial charge in [0.25, 0.3) is 0 Å². The van der Waals surface area contributed by atoms with Gasteiger partial charge in [-0.25, -0.2) is 0 Å². The van der Waals surface area contributed by atoms with Crippen molar-refractivity contribution in [1.29, 1.82) is 0 Å². The zero-order valence-corrected chi connectivity index (χ0v) is 12.1. The fraction of sp³-hybridized carbons (Fsp3) is 0.909. The molecule has 1 unspecified atom stereocenters. The summed E-state index contributed by atoms with van der Waals surface area (Å²) in [5.41, 5.74) is 0. The Morgan fingerprint density at radius 1 is 1.19 bits per heavy atom. The van der Waals surface area contributed by atoms with Crippen molar-refractivity contribution in [3.8, 4) is 0 Å². The second-order valence-electron chi connectivity index (χ2n) is 4.28. The molecule has 0 aliphatic heterocycles. The number of carboxylic acid groups (broad SMARTS) is 1. The molecule has 1 atom stereocenters. The van der Waals surface area contributed by atoms with Gasteiger partial charge < -0.3 is 10.2 Å². The number of carboxylic acids is 1. The molecule has 0 aromatic heterocycles. The summed E-state index contributed by atoms with van der Waals surface area (Å²) < 4.78 is 0. The Bertz CT molecular complexity index is 194. The normalized spacial score (nSPS) is 20.3. The van der Waals surface area contributed by atoms with Gasteiger partial charge in [-0.15, -0.1) is 0 Å². The topological polar surface area (TPSA) is 69.6 Å². The predicted molar refractivity (Wildman–Crippen MR) is 63.5 cm³/mol. The first kappa shape index (κ1) is 16.4. The van der Waals surface area contributed by atoms with Gasteiger partial charge in [0.2, 0.25) is 0 Å². The molecule has 1 radical (unpaired) electrons. The largest absolute Gasteiger partial charge is 0.480 e. The van der Waals surface area contributed by atoms with E-state index in [1.807, 2.05) is 0 Å². The Balaban J connectivity index is 0.00000225. The number of hydrogen-bond donors (Lipinski definition) is 3. The minimum atomic E-state index is -0.959. The number of aliphatic carboxylic acids is 1. The maximum Gasteiger partial charge on any atom is 0.323 e. The van der Waals surface area contributed by atoms with Crippen molar-refractivity contribution in [3.63, 3.8) is 0 Å². The number of aliphatic hydroxyl groups is 1. The first-order valence-electron chi connectivity index (χ1n) is 5.83. The number of nitrogens with one attached hydrogen (secondary N) is 1. The van der Waals surface area contributed by atoms with Crippen molar-refractivity contribution in [3.05, 3.63) is 0 Å². The van der Waals surface area contributed by atoms with Crippen LogP contribution in [0.1, 0.15) is 44.9 Å². The van der Waals surface area contributed by atoms with E-state index in [9.17, 15) is 4.79 Å². The fourth-order valence-electron chi connectivity index (χ4n) is 2.11. The van der Waals surface area contributed by atoms with Crippen LogP contribution in [-0.2, 0) is 4.79 Å². The third-order valence-corrected chi connectivity index (χ3v) is 3.02. The minimum absolute atomic E-state index is 0. The van der Waals surface area contributed by atoms with Gasteiger partial charge in [0, 0.05) is 35.6 Å². The zero-order valence-electron chi connectivity index (χ0n) is 10.1. The Morgan fingerprint density at radius 2 is 1.69 bits per heavy atom. The van der Waals surface area contributed by atoms with E-state index >= 15 is 0 Å². The van der Waals surface area contributed by atoms with Crippen LogP contribution in [0.4, 0.5) is 0 Å². The molecule has 0 aromatic carbocycles. The number of hydrogen-bond acceptors (Lipinski definition) is 3. The van der Waals surface area contributed by atoms with E-state index in [4.69, 9.17) is 10.2 Å². The van der Waals surface area contributed by atoms with Crippen LogP contribution < -0.4 is 5.32 Å². The smallest absolute Gasteiger partial charge is 0.323 e. The summed E-state index contributed by atoms with van der Waals surface area (Å²) in [6.07, 6.45) is 8.18. The molecular formula is C11H21NNaO3. The van der Waals surface area contributed by atoms with Crippen LogP contribution in [0.3, 0.4) is 0 Å². The molecule has 4 nitrogen and oxygen atoms in total. The van der Waals surface area contributed by atoms with Crippen LogP contribution in [-0.4, -0.2) is 64.4 Å². The van der Waals surface area contributed by atoms with Crippen LogP contribution in [0.15, 0.2) is 0 Å². The molecule has 1 aliphatic carbocycles. The molecule has 3 N–H and O–H groups in total. The van der Waals surface area contributed by atoms with Crippen LogP contribution >= 0.6 is 0 Å². The Kier molecular flexibility index (Phi) is 9.65. The van der Waals surface area contributed by atoms with Crippen molar-refractivity contribution in [2.24, 2.45) is 0 Å². The van der Waals surface area contributed by atoms with Crippen molar-refractivity contribution in [2.75, 3.05) is 6.61 Å². The SMILES string of the molecule is O=C(O)C(CO)NC1CCCCCCC1.[Na]. The summed E-state index contributed by atoms with van der Waals surface area (Å²) in [5, 5.41) is 20.7. The molecular weight excluding hydrogens is 217 g/mol. The summed E-state index contributed by atoms with van der Waals surface area (Å²) in [4.78, 5) is 10.7. The van der Waals surface area contributed by atoms with Crippen LogP contribution in [0.25, 0.3) is 0 Å². The molecule has 89 valence electrons. The molecule has 5 heteroatoms. The van der Waals surface area contributed by atoms with Crippen molar-refractivity contribution in [2.45, 2.75) is 57.0 Å². The van der Waals surface area contributed by atoms with Crippen LogP contribution in [0.5, 0.6) is 0 Å². The van der Waals surface area contributed by atoms with Gasteiger partial charge in [-0.2, -0.15) is 0 Å². The van der Waals surface area contributed by atoms with E-state index < -0.39 is 12.0 Å². The second kappa shape index (κ2) is 9.42. The molecule has 1 rings (SSSR count). The molecule has 0 aromatic rings. The van der Waals surface area contributed by atoms with Crippen LogP contribution in [0, 0.1) is 0 Å². The summed E-state index contributed by atoms with van der Waals surface area (Å²) in [7, 11) is 0. The molecule has 0 bridgehead atoms.